The Morgan fingerprint density at radius 2 is 0.796 bits per heavy atom. The smallest absolute Gasteiger partial charge is 0.207 e. The van der Waals surface area contributed by atoms with Gasteiger partial charge in [0.15, 0.2) is 23.0 Å². The highest BCUT2D eigenvalue weighted by Crippen LogP contribution is 2.45. The van der Waals surface area contributed by atoms with E-state index in [2.05, 4.69) is 27.7 Å². The van der Waals surface area contributed by atoms with Gasteiger partial charge in [-0.05, 0) is 63.8 Å². The quantitative estimate of drug-likeness (QED) is 0.174. The van der Waals surface area contributed by atoms with E-state index in [1.807, 2.05) is 0 Å². The van der Waals surface area contributed by atoms with E-state index in [1.165, 1.54) is 0 Å². The fourth-order valence-electron chi connectivity index (χ4n) is 6.62. The van der Waals surface area contributed by atoms with E-state index in [1.54, 1.807) is 38.1 Å². The summed E-state index contributed by atoms with van der Waals surface area (Å²) in [5, 5.41) is 0. The Labute approximate surface area is 291 Å². The van der Waals surface area contributed by atoms with Gasteiger partial charge < -0.3 is 37.9 Å². The predicted octanol–water partition coefficient (Wildman–Crippen LogP) is 6.36. The Bertz CT molecular complexity index is 1450. The topological polar surface area (TPSA) is 108 Å². The van der Waals surface area contributed by atoms with Gasteiger partial charge in [-0.15, -0.1) is 0 Å². The monoisotopic (exact) mass is 702 g/mol. The summed E-state index contributed by atoms with van der Waals surface area (Å²) < 4.78 is 77.1. The van der Waals surface area contributed by atoms with Crippen LogP contribution in [0.2, 0.25) is 0 Å². The first kappa shape index (κ1) is 36.2. The Balaban J connectivity index is 1.34. The molecule has 11 heteroatoms. The van der Waals surface area contributed by atoms with Crippen molar-refractivity contribution in [2.75, 3.05) is 79.3 Å². The molecule has 10 nitrogen and oxygen atoms in total. The molecule has 2 aromatic carbocycles. The van der Waals surface area contributed by atoms with Crippen molar-refractivity contribution in [1.29, 1.82) is 0 Å². The predicted molar refractivity (Wildman–Crippen MR) is 184 cm³/mol. The zero-order valence-electron chi connectivity index (χ0n) is 30.1. The summed E-state index contributed by atoms with van der Waals surface area (Å²) in [5.41, 5.74) is 0.704. The average Bonchev–Trinajstić information content (AvgIpc) is 3.01. The Hall–Kier alpha value is -2.57. The Kier molecular flexibility index (Phi) is 10.5. The summed E-state index contributed by atoms with van der Waals surface area (Å²) in [5.74, 6) is 1.96. The normalized spacial score (nSPS) is 21.3. The number of sulfone groups is 1. The molecule has 6 rings (SSSR count). The molecule has 0 aromatic heterocycles. The molecule has 0 unspecified atom stereocenters. The van der Waals surface area contributed by atoms with E-state index in [9.17, 15) is 8.42 Å². The first-order valence-corrected chi connectivity index (χ1v) is 19.3. The van der Waals surface area contributed by atoms with Gasteiger partial charge in [0, 0.05) is 11.1 Å². The number of ether oxygens (including phenoxy) is 8. The highest BCUT2D eigenvalue weighted by atomic mass is 32.2. The number of benzene rings is 2. The van der Waals surface area contributed by atoms with Crippen molar-refractivity contribution in [1.82, 2.24) is 0 Å². The lowest BCUT2D eigenvalue weighted by molar-refractivity contribution is -0.136. The molecule has 2 aromatic rings. The van der Waals surface area contributed by atoms with E-state index in [0.29, 0.717) is 113 Å². The lowest BCUT2D eigenvalue weighted by Crippen LogP contribution is -2.47. The molecule has 4 saturated heterocycles. The summed E-state index contributed by atoms with van der Waals surface area (Å²) >= 11 is 0. The zero-order valence-corrected chi connectivity index (χ0v) is 30.9. The lowest BCUT2D eigenvalue weighted by Gasteiger charge is -2.41. The van der Waals surface area contributed by atoms with Gasteiger partial charge >= 0.3 is 0 Å². The molecule has 0 N–H and O–H groups in total. The molecule has 0 bridgehead atoms. The van der Waals surface area contributed by atoms with Gasteiger partial charge in [0.1, 0.15) is 0 Å². The van der Waals surface area contributed by atoms with Crippen LogP contribution in [0.25, 0.3) is 0 Å². The van der Waals surface area contributed by atoms with Crippen molar-refractivity contribution >= 4 is 9.84 Å². The molecule has 49 heavy (non-hydrogen) atoms. The van der Waals surface area contributed by atoms with Crippen LogP contribution in [0.5, 0.6) is 23.0 Å². The summed E-state index contributed by atoms with van der Waals surface area (Å²) in [7, 11) is -4.02. The Morgan fingerprint density at radius 1 is 0.510 bits per heavy atom. The fourth-order valence-corrected chi connectivity index (χ4v) is 8.34. The van der Waals surface area contributed by atoms with Crippen LogP contribution in [-0.2, 0) is 28.8 Å². The maximum Gasteiger partial charge on any atom is 0.207 e. The van der Waals surface area contributed by atoms with E-state index < -0.39 is 9.84 Å². The summed E-state index contributed by atoms with van der Waals surface area (Å²) in [6, 6.07) is 6.72. The second-order valence-corrected chi connectivity index (χ2v) is 17.0. The van der Waals surface area contributed by atoms with Crippen LogP contribution in [-0.4, -0.2) is 87.7 Å². The largest absolute Gasteiger partial charge is 0.489 e. The van der Waals surface area contributed by atoms with Crippen LogP contribution in [0, 0.1) is 35.5 Å². The number of hydrogen-bond donors (Lipinski definition) is 0. The third-order valence-corrected chi connectivity index (χ3v) is 13.6. The zero-order chi connectivity index (χ0) is 34.9. The van der Waals surface area contributed by atoms with E-state index in [4.69, 9.17) is 37.9 Å². The van der Waals surface area contributed by atoms with Crippen LogP contribution in [0.3, 0.4) is 0 Å². The molecule has 0 aliphatic carbocycles. The van der Waals surface area contributed by atoms with Crippen LogP contribution in [0.15, 0.2) is 34.1 Å². The van der Waals surface area contributed by atoms with Crippen LogP contribution < -0.4 is 18.9 Å². The van der Waals surface area contributed by atoms with Crippen molar-refractivity contribution in [3.05, 3.63) is 35.4 Å². The molecule has 4 aliphatic heterocycles. The third kappa shape index (κ3) is 6.90. The summed E-state index contributed by atoms with van der Waals surface area (Å²) in [6.07, 6.45) is 3.64. The molecular formula is C38H54O10S. The standard InChI is InChI=1S/C38H54O10S/c1-7-35(15-41-16-35)23-45-29-11-13-31(27(5)33(29)47-25-37(9-3)19-43-20-37)49(39,40)32-14-12-30(46-24-36(8-2)17-42-18-36)34(28(32)6)48-26-38(10-4)21-44-22-38/h11-14H,7-10,15-26H2,1-6H3. The second-order valence-electron chi connectivity index (χ2n) is 15.1. The van der Waals surface area contributed by atoms with Crippen LogP contribution in [0.1, 0.15) is 64.5 Å². The first-order valence-electron chi connectivity index (χ1n) is 17.8. The molecule has 4 heterocycles. The van der Waals surface area contributed by atoms with Gasteiger partial charge in [-0.1, -0.05) is 27.7 Å². The van der Waals surface area contributed by atoms with Gasteiger partial charge in [-0.25, -0.2) is 8.42 Å². The van der Waals surface area contributed by atoms with Gasteiger partial charge in [-0.3, -0.25) is 0 Å². The van der Waals surface area contributed by atoms with Crippen molar-refractivity contribution in [2.24, 2.45) is 21.7 Å². The molecule has 4 aliphatic rings. The minimum Gasteiger partial charge on any atom is -0.489 e. The molecule has 0 amide bonds. The maximum atomic E-state index is 14.6. The van der Waals surface area contributed by atoms with Crippen LogP contribution in [0.4, 0.5) is 0 Å². The minimum atomic E-state index is -4.02. The highest BCUT2D eigenvalue weighted by molar-refractivity contribution is 7.91. The fraction of sp³-hybridized carbons (Fsp3) is 0.684. The molecule has 272 valence electrons. The van der Waals surface area contributed by atoms with Gasteiger partial charge in [0.25, 0.3) is 0 Å². The number of hydrogen-bond acceptors (Lipinski definition) is 10. The van der Waals surface area contributed by atoms with Crippen LogP contribution >= 0.6 is 0 Å². The first-order chi connectivity index (χ1) is 23.5. The van der Waals surface area contributed by atoms with E-state index >= 15 is 0 Å². The molecule has 4 fully saturated rings. The third-order valence-electron chi connectivity index (χ3n) is 11.6. The molecule has 0 radical (unpaired) electrons. The molecule has 0 spiro atoms. The summed E-state index contributed by atoms with van der Waals surface area (Å²) in [4.78, 5) is 0.332. The Morgan fingerprint density at radius 3 is 1.04 bits per heavy atom. The van der Waals surface area contributed by atoms with E-state index in [0.717, 1.165) is 25.7 Å². The van der Waals surface area contributed by atoms with Gasteiger partial charge in [0.2, 0.25) is 9.84 Å². The molecular weight excluding hydrogens is 648 g/mol. The summed E-state index contributed by atoms with van der Waals surface area (Å²) in [6.45, 7) is 18.9. The SMILES string of the molecule is CCC1(COc2ccc(S(=O)(=O)c3ccc(OCC4(CC)COC4)c(OCC4(CC)COC4)c3C)c(C)c2OCC2(CC)COC2)COC1. The molecule has 0 saturated carbocycles. The lowest BCUT2D eigenvalue weighted by atomic mass is 9.84. The van der Waals surface area contributed by atoms with Crippen molar-refractivity contribution in [3.63, 3.8) is 0 Å². The van der Waals surface area contributed by atoms with Crippen molar-refractivity contribution < 1.29 is 46.3 Å². The van der Waals surface area contributed by atoms with Crippen molar-refractivity contribution in [3.8, 4) is 23.0 Å². The van der Waals surface area contributed by atoms with Gasteiger partial charge in [-0.2, -0.15) is 0 Å². The second kappa shape index (κ2) is 14.2. The molecule has 0 atom stereocenters. The van der Waals surface area contributed by atoms with Gasteiger partial charge in [0.05, 0.1) is 111 Å². The minimum absolute atomic E-state index is 0.0515. The van der Waals surface area contributed by atoms with Crippen molar-refractivity contribution in [2.45, 2.75) is 77.0 Å². The maximum absolute atomic E-state index is 14.6. The number of rotatable bonds is 18. The van der Waals surface area contributed by atoms with E-state index in [-0.39, 0.29) is 31.5 Å². The highest BCUT2D eigenvalue weighted by Gasteiger charge is 2.42. The average molecular weight is 703 g/mol.